The van der Waals surface area contributed by atoms with Crippen LogP contribution in [0, 0.1) is 0 Å². The molecule has 0 atom stereocenters. The molecule has 226 valence electrons. The average molecular weight is 631 g/mol. The number of nitrogens with zero attached hydrogens (tertiary/aromatic N) is 2. The Labute approximate surface area is 259 Å². The zero-order chi connectivity index (χ0) is 31.4. The molecule has 0 aliphatic carbocycles. The molecule has 11 heteroatoms. The summed E-state index contributed by atoms with van der Waals surface area (Å²) in [6.45, 7) is 4.09. The van der Waals surface area contributed by atoms with Crippen molar-refractivity contribution in [3.05, 3.63) is 89.8 Å². The van der Waals surface area contributed by atoms with Crippen LogP contribution in [-0.2, 0) is 32.0 Å². The third-order valence-electron chi connectivity index (χ3n) is 8.28. The van der Waals surface area contributed by atoms with E-state index in [1.54, 1.807) is 0 Å². The topological polar surface area (TPSA) is 115 Å². The number of hydrogen-bond acceptors (Lipinski definition) is 7. The first-order chi connectivity index (χ1) is 20.9. The molecule has 1 aromatic heterocycles. The van der Waals surface area contributed by atoms with Crippen LogP contribution >= 0.6 is 12.0 Å². The number of fused-ring (bicyclic) bond motifs is 3. The minimum absolute atomic E-state index is 0.286. The maximum atomic E-state index is 12.1. The Morgan fingerprint density at radius 2 is 1.80 bits per heavy atom. The number of aryl methyl sites for hydroxylation is 1. The molecule has 0 bridgehead atoms. The molecule has 0 spiro atoms. The van der Waals surface area contributed by atoms with Crippen LogP contribution in [0.15, 0.2) is 88.7 Å². The summed E-state index contributed by atoms with van der Waals surface area (Å²) >= 11 is 0.644. The molecule has 0 saturated carbocycles. The van der Waals surface area contributed by atoms with Crippen LogP contribution in [-0.4, -0.2) is 42.6 Å². The zero-order valence-corrected chi connectivity index (χ0v) is 26.5. The SMILES string of the molecule is CN(C)c1ccc2cccc3c(=CC=CC=CC4=[NH+]c5ccc6c(SOOO)cc(S(=O)(=O)O)cc6c5C4(C)C)n(C)c1c23. The second kappa shape index (κ2) is 11.2. The molecule has 0 radical (unpaired) electrons. The fourth-order valence-corrected chi connectivity index (χ4v) is 7.39. The van der Waals surface area contributed by atoms with Crippen LogP contribution in [0.2, 0.25) is 0 Å². The lowest BCUT2D eigenvalue weighted by Crippen LogP contribution is -2.65. The summed E-state index contributed by atoms with van der Waals surface area (Å²) in [5.41, 5.74) is 4.45. The second-order valence-electron chi connectivity index (χ2n) is 11.5. The van der Waals surface area contributed by atoms with Gasteiger partial charge in [-0.1, -0.05) is 47.5 Å². The van der Waals surface area contributed by atoms with Gasteiger partial charge in [0.1, 0.15) is 0 Å². The van der Waals surface area contributed by atoms with Crippen molar-refractivity contribution >= 4 is 77.8 Å². The first-order valence-electron chi connectivity index (χ1n) is 13.8. The average Bonchev–Trinajstić information content (AvgIpc) is 3.41. The van der Waals surface area contributed by atoms with Crippen molar-refractivity contribution in [3.63, 3.8) is 0 Å². The van der Waals surface area contributed by atoms with Crippen molar-refractivity contribution in [2.75, 3.05) is 19.0 Å². The third-order valence-corrected chi connectivity index (χ3v) is 9.76. The molecule has 0 fully saturated rings. The van der Waals surface area contributed by atoms with Gasteiger partial charge in [-0.3, -0.25) is 4.55 Å². The number of nitrogens with one attached hydrogen (secondary N) is 1. The van der Waals surface area contributed by atoms with Crippen molar-refractivity contribution in [1.29, 1.82) is 0 Å². The fourth-order valence-electron chi connectivity index (χ4n) is 6.24. The number of benzene rings is 4. The molecule has 9 nitrogen and oxygen atoms in total. The van der Waals surface area contributed by atoms with Gasteiger partial charge in [-0.25, -0.2) is 10.2 Å². The van der Waals surface area contributed by atoms with Gasteiger partial charge in [-0.15, -0.1) is 4.33 Å². The summed E-state index contributed by atoms with van der Waals surface area (Å²) in [5, 5.41) is 18.5. The van der Waals surface area contributed by atoms with E-state index in [4.69, 9.17) is 5.26 Å². The van der Waals surface area contributed by atoms with Crippen LogP contribution in [0.5, 0.6) is 0 Å². The largest absolute Gasteiger partial charge is 0.376 e. The highest BCUT2D eigenvalue weighted by Gasteiger charge is 2.41. The van der Waals surface area contributed by atoms with Gasteiger partial charge < -0.3 is 9.47 Å². The quantitative estimate of drug-likeness (QED) is 0.0723. The van der Waals surface area contributed by atoms with Crippen molar-refractivity contribution in [2.45, 2.75) is 29.1 Å². The Bertz CT molecular complexity index is 2210. The van der Waals surface area contributed by atoms with Gasteiger partial charge in [-0.2, -0.15) is 8.42 Å². The predicted molar refractivity (Wildman–Crippen MR) is 176 cm³/mol. The minimum atomic E-state index is -4.51. The van der Waals surface area contributed by atoms with Gasteiger partial charge in [0.05, 0.1) is 33.6 Å². The number of hydrogen-bond donors (Lipinski definition) is 3. The molecular formula is C33H32N3O6S2+. The number of allylic oxidation sites excluding steroid dienone is 4. The van der Waals surface area contributed by atoms with Crippen LogP contribution in [0.3, 0.4) is 0 Å². The lowest BCUT2D eigenvalue weighted by atomic mass is 9.79. The van der Waals surface area contributed by atoms with E-state index in [-0.39, 0.29) is 4.90 Å². The monoisotopic (exact) mass is 630 g/mol. The second-order valence-corrected chi connectivity index (χ2v) is 13.6. The summed E-state index contributed by atoms with van der Waals surface area (Å²) in [7, 11) is 1.70. The highest BCUT2D eigenvalue weighted by Crippen LogP contribution is 2.42. The first kappa shape index (κ1) is 30.1. The Morgan fingerprint density at radius 1 is 1.00 bits per heavy atom. The van der Waals surface area contributed by atoms with Crippen LogP contribution < -0.4 is 15.2 Å². The highest BCUT2D eigenvalue weighted by molar-refractivity contribution is 7.94. The number of anilines is 1. The van der Waals surface area contributed by atoms with E-state index in [2.05, 4.69) is 81.4 Å². The van der Waals surface area contributed by atoms with Crippen LogP contribution in [0.4, 0.5) is 11.4 Å². The van der Waals surface area contributed by atoms with E-state index in [0.29, 0.717) is 27.7 Å². The van der Waals surface area contributed by atoms with E-state index in [1.165, 1.54) is 39.5 Å². The molecular weight excluding hydrogens is 599 g/mol. The van der Waals surface area contributed by atoms with Gasteiger partial charge >= 0.3 is 0 Å². The minimum Gasteiger partial charge on any atom is -0.376 e. The van der Waals surface area contributed by atoms with Gasteiger partial charge in [0.15, 0.2) is 5.71 Å². The smallest absolute Gasteiger partial charge is 0.294 e. The maximum Gasteiger partial charge on any atom is 0.294 e. The van der Waals surface area contributed by atoms with Crippen molar-refractivity contribution in [1.82, 2.24) is 4.57 Å². The van der Waals surface area contributed by atoms with Crippen LogP contribution in [0.25, 0.3) is 38.5 Å². The van der Waals surface area contributed by atoms with Gasteiger partial charge in [0, 0.05) is 59.9 Å². The maximum absolute atomic E-state index is 12.1. The van der Waals surface area contributed by atoms with E-state index < -0.39 is 15.5 Å². The standard InChI is InChI=1S/C33H31N3O6S2/c1-33(2)29(34-25-16-15-22-24(31(25)33)18-21(44(38,39)40)19-28(22)43-42-41-37)13-8-6-7-12-26-23-11-9-10-20-14-17-27(35(3)4)32(30(20)23)36(26)5/h6-19,37H,1-5H3,(H,38,39,40)/p+1. The molecule has 3 N–H and O–H groups in total. The first-order valence-corrected chi connectivity index (χ1v) is 16.0. The third kappa shape index (κ3) is 5.01. The van der Waals surface area contributed by atoms with Gasteiger partial charge in [0.2, 0.25) is 5.69 Å². The molecule has 2 heterocycles. The Balaban J connectivity index is 1.36. The predicted octanol–water partition coefficient (Wildman–Crippen LogP) is 4.98. The van der Waals surface area contributed by atoms with E-state index in [0.717, 1.165) is 22.3 Å². The molecule has 4 aromatic carbocycles. The normalized spacial score (nSPS) is 15.4. The molecule has 1 aliphatic rings. The summed E-state index contributed by atoms with van der Waals surface area (Å²) in [5.74, 6) is 0. The van der Waals surface area contributed by atoms with Crippen LogP contribution in [0.1, 0.15) is 19.4 Å². The van der Waals surface area contributed by atoms with E-state index in [1.807, 2.05) is 50.3 Å². The molecule has 5 aromatic rings. The highest BCUT2D eigenvalue weighted by atomic mass is 32.2. The lowest BCUT2D eigenvalue weighted by Gasteiger charge is -2.19. The Kier molecular flexibility index (Phi) is 7.65. The fraction of sp³-hybridized carbons (Fsp3) is 0.182. The molecule has 0 amide bonds. The van der Waals surface area contributed by atoms with Gasteiger partial charge in [0.25, 0.3) is 10.1 Å². The molecule has 1 aliphatic heterocycles. The number of aromatic nitrogens is 1. The van der Waals surface area contributed by atoms with E-state index >= 15 is 0 Å². The lowest BCUT2D eigenvalue weighted by molar-refractivity contribution is -0.432. The van der Waals surface area contributed by atoms with Gasteiger partial charge in [-0.05, 0) is 60.3 Å². The van der Waals surface area contributed by atoms with Crippen molar-refractivity contribution < 1.29 is 32.6 Å². The molecule has 6 rings (SSSR count). The molecule has 0 saturated heterocycles. The summed E-state index contributed by atoms with van der Waals surface area (Å²) in [4.78, 5) is 5.68. The summed E-state index contributed by atoms with van der Waals surface area (Å²) in [6, 6.07) is 17.2. The van der Waals surface area contributed by atoms with Crippen molar-refractivity contribution in [3.8, 4) is 0 Å². The Hall–Kier alpha value is -3.97. The Morgan fingerprint density at radius 3 is 2.52 bits per heavy atom. The molecule has 0 unspecified atom stereocenters. The number of rotatable bonds is 8. The van der Waals surface area contributed by atoms with Crippen molar-refractivity contribution in [2.24, 2.45) is 7.05 Å². The molecule has 44 heavy (non-hydrogen) atoms. The summed E-state index contributed by atoms with van der Waals surface area (Å²) in [6.07, 6.45) is 10.1. The van der Waals surface area contributed by atoms with E-state index in [9.17, 15) is 13.0 Å². The summed E-state index contributed by atoms with van der Waals surface area (Å²) < 4.78 is 40.8. The zero-order valence-electron chi connectivity index (χ0n) is 24.8.